The summed E-state index contributed by atoms with van der Waals surface area (Å²) in [6.07, 6.45) is 2.86. The summed E-state index contributed by atoms with van der Waals surface area (Å²) in [5, 5.41) is 6.86. The SMILES string of the molecule is CN=C(NCCc1ccc(C)nc1)NC(C)C(C)c1ccccc1.I. The van der Waals surface area contributed by atoms with Gasteiger partial charge in [-0.2, -0.15) is 0 Å². The fraction of sp³-hybridized carbons (Fsp3) is 0.400. The number of aromatic nitrogens is 1. The zero-order valence-corrected chi connectivity index (χ0v) is 17.8. The second kappa shape index (κ2) is 11.1. The average molecular weight is 452 g/mol. The standard InChI is InChI=1S/C20H28N4.HI/c1-15-10-11-18(14-23-15)12-13-22-20(21-4)24-17(3)16(2)19-8-6-5-7-9-19;/h5-11,14,16-17H,12-13H2,1-4H3,(H2,21,22,24);1H. The van der Waals surface area contributed by atoms with E-state index in [1.807, 2.05) is 26.2 Å². The predicted octanol–water partition coefficient (Wildman–Crippen LogP) is 3.91. The van der Waals surface area contributed by atoms with E-state index in [4.69, 9.17) is 0 Å². The molecule has 0 aliphatic rings. The van der Waals surface area contributed by atoms with Gasteiger partial charge in [0.1, 0.15) is 0 Å². The van der Waals surface area contributed by atoms with Crippen molar-refractivity contribution in [2.75, 3.05) is 13.6 Å². The minimum absolute atomic E-state index is 0. The lowest BCUT2D eigenvalue weighted by Gasteiger charge is -2.24. The average Bonchev–Trinajstić information content (AvgIpc) is 2.62. The zero-order chi connectivity index (χ0) is 17.4. The summed E-state index contributed by atoms with van der Waals surface area (Å²) in [6.45, 7) is 7.26. The van der Waals surface area contributed by atoms with Crippen LogP contribution in [0.1, 0.15) is 36.6 Å². The van der Waals surface area contributed by atoms with Crippen LogP contribution in [0.4, 0.5) is 0 Å². The Morgan fingerprint density at radius 2 is 1.84 bits per heavy atom. The van der Waals surface area contributed by atoms with Crippen molar-refractivity contribution in [1.29, 1.82) is 0 Å². The Kier molecular flexibility index (Phi) is 9.49. The van der Waals surface area contributed by atoms with Crippen LogP contribution in [0.2, 0.25) is 0 Å². The first-order valence-electron chi connectivity index (χ1n) is 8.54. The van der Waals surface area contributed by atoms with Crippen LogP contribution in [-0.2, 0) is 6.42 Å². The van der Waals surface area contributed by atoms with E-state index in [1.54, 1.807) is 0 Å². The molecule has 0 radical (unpaired) electrons. The Morgan fingerprint density at radius 1 is 1.12 bits per heavy atom. The number of hydrogen-bond acceptors (Lipinski definition) is 2. The molecule has 5 heteroatoms. The molecule has 0 amide bonds. The number of aliphatic imine (C=N–C) groups is 1. The Hall–Kier alpha value is -1.63. The minimum atomic E-state index is 0. The fourth-order valence-electron chi connectivity index (χ4n) is 2.55. The third kappa shape index (κ3) is 7.02. The molecule has 0 fully saturated rings. The molecule has 2 unspecified atom stereocenters. The van der Waals surface area contributed by atoms with Crippen molar-refractivity contribution in [3.63, 3.8) is 0 Å². The topological polar surface area (TPSA) is 49.3 Å². The molecule has 25 heavy (non-hydrogen) atoms. The molecule has 4 nitrogen and oxygen atoms in total. The highest BCUT2D eigenvalue weighted by molar-refractivity contribution is 14.0. The molecule has 2 aromatic rings. The molecule has 0 saturated heterocycles. The number of aryl methyl sites for hydroxylation is 1. The lowest BCUT2D eigenvalue weighted by atomic mass is 9.94. The number of pyridine rings is 1. The smallest absolute Gasteiger partial charge is 0.191 e. The first-order chi connectivity index (χ1) is 11.6. The highest BCUT2D eigenvalue weighted by Gasteiger charge is 2.15. The number of rotatable bonds is 6. The molecule has 136 valence electrons. The molecular weight excluding hydrogens is 423 g/mol. The molecule has 1 aromatic heterocycles. The normalized spacial score (nSPS) is 13.5. The molecule has 0 spiro atoms. The Labute approximate surface area is 168 Å². The molecule has 0 bridgehead atoms. The van der Waals surface area contributed by atoms with Crippen molar-refractivity contribution in [2.45, 2.75) is 39.2 Å². The first-order valence-corrected chi connectivity index (χ1v) is 8.54. The maximum atomic E-state index is 4.33. The summed E-state index contributed by atoms with van der Waals surface area (Å²) >= 11 is 0. The van der Waals surface area contributed by atoms with Crippen LogP contribution >= 0.6 is 24.0 Å². The van der Waals surface area contributed by atoms with E-state index in [9.17, 15) is 0 Å². The van der Waals surface area contributed by atoms with Gasteiger partial charge in [-0.3, -0.25) is 9.98 Å². The summed E-state index contributed by atoms with van der Waals surface area (Å²) < 4.78 is 0. The van der Waals surface area contributed by atoms with E-state index in [1.165, 1.54) is 11.1 Å². The summed E-state index contributed by atoms with van der Waals surface area (Å²) in [5.74, 6) is 1.25. The molecule has 2 N–H and O–H groups in total. The molecule has 0 saturated carbocycles. The van der Waals surface area contributed by atoms with Crippen LogP contribution in [-0.4, -0.2) is 30.6 Å². The van der Waals surface area contributed by atoms with Crippen LogP contribution in [0.5, 0.6) is 0 Å². The Bertz CT molecular complexity index is 641. The van der Waals surface area contributed by atoms with Crippen molar-refractivity contribution in [2.24, 2.45) is 4.99 Å². The zero-order valence-electron chi connectivity index (χ0n) is 15.5. The van der Waals surface area contributed by atoms with Gasteiger partial charge in [0.25, 0.3) is 0 Å². The van der Waals surface area contributed by atoms with Crippen LogP contribution in [0.25, 0.3) is 0 Å². The molecule has 0 aliphatic heterocycles. The largest absolute Gasteiger partial charge is 0.356 e. The lowest BCUT2D eigenvalue weighted by molar-refractivity contribution is 0.550. The summed E-state index contributed by atoms with van der Waals surface area (Å²) in [4.78, 5) is 8.66. The van der Waals surface area contributed by atoms with Crippen molar-refractivity contribution in [3.05, 3.63) is 65.5 Å². The van der Waals surface area contributed by atoms with Crippen LogP contribution in [0.3, 0.4) is 0 Å². The van der Waals surface area contributed by atoms with Gasteiger partial charge in [0.05, 0.1) is 0 Å². The van der Waals surface area contributed by atoms with Gasteiger partial charge in [0, 0.05) is 37.4 Å². The first kappa shape index (κ1) is 21.4. The van der Waals surface area contributed by atoms with E-state index >= 15 is 0 Å². The highest BCUT2D eigenvalue weighted by Crippen LogP contribution is 2.18. The molecule has 1 aromatic carbocycles. The molecule has 1 heterocycles. The Morgan fingerprint density at radius 3 is 2.44 bits per heavy atom. The third-order valence-electron chi connectivity index (χ3n) is 4.34. The van der Waals surface area contributed by atoms with E-state index in [0.29, 0.717) is 12.0 Å². The van der Waals surface area contributed by atoms with E-state index < -0.39 is 0 Å². The third-order valence-corrected chi connectivity index (χ3v) is 4.34. The number of nitrogens with zero attached hydrogens (tertiary/aromatic N) is 2. The van der Waals surface area contributed by atoms with Gasteiger partial charge >= 0.3 is 0 Å². The van der Waals surface area contributed by atoms with E-state index in [0.717, 1.165) is 24.6 Å². The van der Waals surface area contributed by atoms with Crippen LogP contribution in [0, 0.1) is 6.92 Å². The van der Waals surface area contributed by atoms with Gasteiger partial charge in [-0.05, 0) is 37.5 Å². The maximum absolute atomic E-state index is 4.33. The van der Waals surface area contributed by atoms with Gasteiger partial charge in [0.15, 0.2) is 5.96 Å². The predicted molar refractivity (Wildman–Crippen MR) is 117 cm³/mol. The molecular formula is C20H29IN4. The van der Waals surface area contributed by atoms with Crippen LogP contribution < -0.4 is 10.6 Å². The van der Waals surface area contributed by atoms with Gasteiger partial charge in [0.2, 0.25) is 0 Å². The van der Waals surface area contributed by atoms with Gasteiger partial charge < -0.3 is 10.6 Å². The fourth-order valence-corrected chi connectivity index (χ4v) is 2.55. The summed E-state index contributed by atoms with van der Waals surface area (Å²) in [6, 6.07) is 15.0. The number of guanidine groups is 1. The van der Waals surface area contributed by atoms with Gasteiger partial charge in [-0.25, -0.2) is 0 Å². The van der Waals surface area contributed by atoms with E-state index in [-0.39, 0.29) is 24.0 Å². The Balaban J connectivity index is 0.00000312. The molecule has 2 atom stereocenters. The number of halogens is 1. The number of nitrogens with one attached hydrogen (secondary N) is 2. The molecule has 0 aliphatic carbocycles. The second-order valence-corrected chi connectivity index (χ2v) is 6.19. The quantitative estimate of drug-likeness (QED) is 0.397. The van der Waals surface area contributed by atoms with Crippen molar-refractivity contribution in [3.8, 4) is 0 Å². The molecule has 2 rings (SSSR count). The monoisotopic (exact) mass is 452 g/mol. The van der Waals surface area contributed by atoms with Gasteiger partial charge in [-0.1, -0.05) is 43.3 Å². The van der Waals surface area contributed by atoms with Crippen LogP contribution in [0.15, 0.2) is 53.7 Å². The lowest BCUT2D eigenvalue weighted by Crippen LogP contribution is -2.44. The minimum Gasteiger partial charge on any atom is -0.356 e. The summed E-state index contributed by atoms with van der Waals surface area (Å²) in [7, 11) is 1.81. The van der Waals surface area contributed by atoms with Gasteiger partial charge in [-0.15, -0.1) is 24.0 Å². The second-order valence-electron chi connectivity index (χ2n) is 6.19. The van der Waals surface area contributed by atoms with Crippen molar-refractivity contribution < 1.29 is 0 Å². The van der Waals surface area contributed by atoms with E-state index in [2.05, 4.69) is 70.9 Å². The highest BCUT2D eigenvalue weighted by atomic mass is 127. The maximum Gasteiger partial charge on any atom is 0.191 e. The van der Waals surface area contributed by atoms with Crippen molar-refractivity contribution >= 4 is 29.9 Å². The number of benzene rings is 1. The number of hydrogen-bond donors (Lipinski definition) is 2. The van der Waals surface area contributed by atoms with Crippen molar-refractivity contribution in [1.82, 2.24) is 15.6 Å². The summed E-state index contributed by atoms with van der Waals surface area (Å²) in [5.41, 5.74) is 3.61.